The first-order chi connectivity index (χ1) is 7.06. The van der Waals surface area contributed by atoms with Crippen molar-refractivity contribution in [2.75, 3.05) is 0 Å². The van der Waals surface area contributed by atoms with Crippen molar-refractivity contribution in [1.29, 1.82) is 0 Å². The summed E-state index contributed by atoms with van der Waals surface area (Å²) in [4.78, 5) is 0. The lowest BCUT2D eigenvalue weighted by Gasteiger charge is -2.26. The smallest absolute Gasteiger partial charge is 0.0654 e. The zero-order chi connectivity index (χ0) is 11.3. The zero-order valence-electron chi connectivity index (χ0n) is 10.2. The highest BCUT2D eigenvalue weighted by molar-refractivity contribution is 6.15. The van der Waals surface area contributed by atoms with Crippen molar-refractivity contribution in [3.63, 3.8) is 0 Å². The Morgan fingerprint density at radius 1 is 1.27 bits per heavy atom. The number of aryl methyl sites for hydroxylation is 1. The highest BCUT2D eigenvalue weighted by Crippen LogP contribution is 2.26. The standard InChI is InChI=1S/C14H21B/c1-4-5-6-10-14(3,15)13-9-7-8-12(2)11-13/h7-9,11H,4-6,10H2,1-3H3. The van der Waals surface area contributed by atoms with E-state index < -0.39 is 0 Å². The molecular weight excluding hydrogens is 179 g/mol. The molecule has 1 aromatic carbocycles. The molecule has 0 fully saturated rings. The van der Waals surface area contributed by atoms with Gasteiger partial charge in [0, 0.05) is 0 Å². The highest BCUT2D eigenvalue weighted by atomic mass is 14.2. The monoisotopic (exact) mass is 200 g/mol. The topological polar surface area (TPSA) is 0 Å². The maximum atomic E-state index is 6.35. The first-order valence-corrected chi connectivity index (χ1v) is 5.92. The molecule has 0 aliphatic heterocycles. The third kappa shape index (κ3) is 3.73. The van der Waals surface area contributed by atoms with E-state index in [1.54, 1.807) is 0 Å². The van der Waals surface area contributed by atoms with Crippen molar-refractivity contribution >= 4 is 7.85 Å². The van der Waals surface area contributed by atoms with Gasteiger partial charge in [-0.15, -0.1) is 0 Å². The molecule has 1 unspecified atom stereocenters. The molecule has 0 N–H and O–H groups in total. The lowest BCUT2D eigenvalue weighted by atomic mass is 9.63. The van der Waals surface area contributed by atoms with Gasteiger partial charge in [-0.2, -0.15) is 0 Å². The third-order valence-corrected chi connectivity index (χ3v) is 2.98. The summed E-state index contributed by atoms with van der Waals surface area (Å²) < 4.78 is 0. The van der Waals surface area contributed by atoms with Crippen molar-refractivity contribution in [2.45, 2.75) is 51.8 Å². The molecule has 0 aliphatic carbocycles. The van der Waals surface area contributed by atoms with Crippen LogP contribution in [0.2, 0.25) is 0 Å². The second-order valence-corrected chi connectivity index (χ2v) is 4.74. The van der Waals surface area contributed by atoms with E-state index in [0.717, 1.165) is 6.42 Å². The van der Waals surface area contributed by atoms with Crippen molar-refractivity contribution < 1.29 is 0 Å². The van der Waals surface area contributed by atoms with Crippen LogP contribution in [0.25, 0.3) is 0 Å². The Balaban J connectivity index is 2.67. The van der Waals surface area contributed by atoms with Crippen LogP contribution in [0.3, 0.4) is 0 Å². The van der Waals surface area contributed by atoms with E-state index in [4.69, 9.17) is 7.85 Å². The van der Waals surface area contributed by atoms with E-state index in [0.29, 0.717) is 0 Å². The van der Waals surface area contributed by atoms with E-state index in [9.17, 15) is 0 Å². The average molecular weight is 200 g/mol. The maximum Gasteiger partial charge on any atom is 0.0806 e. The van der Waals surface area contributed by atoms with Crippen LogP contribution in [0, 0.1) is 6.92 Å². The van der Waals surface area contributed by atoms with Crippen LogP contribution in [0.4, 0.5) is 0 Å². The van der Waals surface area contributed by atoms with Crippen molar-refractivity contribution in [3.8, 4) is 0 Å². The molecule has 0 aromatic heterocycles. The van der Waals surface area contributed by atoms with Crippen LogP contribution < -0.4 is 0 Å². The normalized spacial score (nSPS) is 14.9. The van der Waals surface area contributed by atoms with E-state index in [1.807, 2.05) is 0 Å². The Bertz CT molecular complexity index is 302. The fourth-order valence-corrected chi connectivity index (χ4v) is 1.89. The zero-order valence-corrected chi connectivity index (χ0v) is 10.2. The molecule has 0 saturated carbocycles. The SMILES string of the molecule is [B]C(C)(CCCCC)c1cccc(C)c1. The third-order valence-electron chi connectivity index (χ3n) is 2.98. The molecular formula is C14H21B. The molecule has 1 rings (SSSR count). The Morgan fingerprint density at radius 2 is 2.00 bits per heavy atom. The maximum absolute atomic E-state index is 6.35. The van der Waals surface area contributed by atoms with Crippen LogP contribution in [0.15, 0.2) is 24.3 Å². The number of rotatable bonds is 5. The van der Waals surface area contributed by atoms with Crippen molar-refractivity contribution in [1.82, 2.24) is 0 Å². The predicted molar refractivity (Wildman–Crippen MR) is 68.4 cm³/mol. The Morgan fingerprint density at radius 3 is 2.60 bits per heavy atom. The summed E-state index contributed by atoms with van der Waals surface area (Å²) in [6.45, 7) is 6.48. The molecule has 0 saturated heterocycles. The second-order valence-electron chi connectivity index (χ2n) is 4.74. The van der Waals surface area contributed by atoms with Crippen molar-refractivity contribution in [2.24, 2.45) is 0 Å². The molecule has 1 atom stereocenters. The molecule has 0 nitrogen and oxygen atoms in total. The molecule has 0 aliphatic rings. The van der Waals surface area contributed by atoms with Gasteiger partial charge < -0.3 is 0 Å². The molecule has 0 bridgehead atoms. The van der Waals surface area contributed by atoms with Gasteiger partial charge in [-0.1, -0.05) is 74.9 Å². The first-order valence-electron chi connectivity index (χ1n) is 5.92. The fraction of sp³-hybridized carbons (Fsp3) is 0.571. The molecule has 1 heteroatoms. The van der Waals surface area contributed by atoms with E-state index in [1.165, 1.54) is 30.4 Å². The molecule has 0 heterocycles. The highest BCUT2D eigenvalue weighted by Gasteiger charge is 2.18. The summed E-state index contributed by atoms with van der Waals surface area (Å²) in [7, 11) is 6.35. The van der Waals surface area contributed by atoms with E-state index in [2.05, 4.69) is 45.0 Å². The van der Waals surface area contributed by atoms with Crippen LogP contribution in [0.5, 0.6) is 0 Å². The minimum atomic E-state index is -0.165. The summed E-state index contributed by atoms with van der Waals surface area (Å²) in [6, 6.07) is 8.55. The summed E-state index contributed by atoms with van der Waals surface area (Å²) in [6.07, 6.45) is 4.82. The van der Waals surface area contributed by atoms with Crippen molar-refractivity contribution in [3.05, 3.63) is 35.4 Å². The lowest BCUT2D eigenvalue weighted by molar-refractivity contribution is 0.549. The number of unbranched alkanes of at least 4 members (excludes halogenated alkanes) is 2. The first kappa shape index (κ1) is 12.4. The van der Waals surface area contributed by atoms with Gasteiger partial charge in [0.25, 0.3) is 0 Å². The van der Waals surface area contributed by atoms with Crippen LogP contribution in [-0.4, -0.2) is 7.85 Å². The minimum Gasteiger partial charge on any atom is -0.0654 e. The quantitative estimate of drug-likeness (QED) is 0.498. The predicted octanol–water partition coefficient (Wildman–Crippen LogP) is 3.96. The van der Waals surface area contributed by atoms with Gasteiger partial charge in [-0.05, 0) is 12.2 Å². The largest absolute Gasteiger partial charge is 0.0806 e. The van der Waals surface area contributed by atoms with Gasteiger partial charge in [-0.3, -0.25) is 0 Å². The van der Waals surface area contributed by atoms with E-state index in [-0.39, 0.29) is 5.31 Å². The Hall–Kier alpha value is -0.715. The Kier molecular flexibility index (Phi) is 4.44. The molecule has 1 aromatic rings. The summed E-state index contributed by atoms with van der Waals surface area (Å²) >= 11 is 0. The van der Waals surface area contributed by atoms with Gasteiger partial charge in [-0.25, -0.2) is 0 Å². The number of hydrogen-bond donors (Lipinski definition) is 0. The summed E-state index contributed by atoms with van der Waals surface area (Å²) in [5.41, 5.74) is 2.55. The molecule has 0 amide bonds. The average Bonchev–Trinajstić information content (AvgIpc) is 2.18. The van der Waals surface area contributed by atoms with Crippen LogP contribution in [0.1, 0.15) is 50.7 Å². The molecule has 15 heavy (non-hydrogen) atoms. The lowest BCUT2D eigenvalue weighted by Crippen LogP contribution is -2.22. The number of benzene rings is 1. The van der Waals surface area contributed by atoms with Gasteiger partial charge in [0.05, 0.1) is 7.85 Å². The molecule has 0 spiro atoms. The summed E-state index contributed by atoms with van der Waals surface area (Å²) in [5.74, 6) is 0. The minimum absolute atomic E-state index is 0.165. The molecule has 80 valence electrons. The van der Waals surface area contributed by atoms with Gasteiger partial charge in [0.1, 0.15) is 0 Å². The second kappa shape index (κ2) is 5.39. The van der Waals surface area contributed by atoms with Gasteiger partial charge >= 0.3 is 0 Å². The van der Waals surface area contributed by atoms with Gasteiger partial charge in [0.15, 0.2) is 0 Å². The fourth-order valence-electron chi connectivity index (χ4n) is 1.89. The number of hydrogen-bond acceptors (Lipinski definition) is 0. The van der Waals surface area contributed by atoms with Gasteiger partial charge in [0.2, 0.25) is 0 Å². The van der Waals surface area contributed by atoms with Crippen LogP contribution >= 0.6 is 0 Å². The van der Waals surface area contributed by atoms with Crippen LogP contribution in [-0.2, 0) is 5.31 Å². The Labute approximate surface area is 95.5 Å². The summed E-state index contributed by atoms with van der Waals surface area (Å²) in [5, 5.41) is -0.165. The van der Waals surface area contributed by atoms with E-state index >= 15 is 0 Å². The molecule has 2 radical (unpaired) electrons.